The molecule has 1 unspecified atom stereocenters. The van der Waals surface area contributed by atoms with Gasteiger partial charge in [0.2, 0.25) is 9.84 Å². The molecule has 6 nitrogen and oxygen atoms in total. The van der Waals surface area contributed by atoms with Crippen molar-refractivity contribution >= 4 is 27.1 Å². The van der Waals surface area contributed by atoms with Crippen LogP contribution in [0.2, 0.25) is 0 Å². The highest BCUT2D eigenvalue weighted by molar-refractivity contribution is 7.91. The highest BCUT2D eigenvalue weighted by Crippen LogP contribution is 2.36. The first-order valence-electron chi connectivity index (χ1n) is 8.97. The van der Waals surface area contributed by atoms with E-state index < -0.39 is 32.6 Å². The lowest BCUT2D eigenvalue weighted by Gasteiger charge is -2.16. The van der Waals surface area contributed by atoms with Gasteiger partial charge in [-0.1, -0.05) is 12.1 Å². The third kappa shape index (κ3) is 3.40. The Morgan fingerprint density at radius 2 is 1.93 bits per heavy atom. The van der Waals surface area contributed by atoms with Crippen LogP contribution in [0, 0.1) is 0 Å². The summed E-state index contributed by atoms with van der Waals surface area (Å²) in [5.41, 5.74) is 0.466. The second kappa shape index (κ2) is 7.22. The van der Waals surface area contributed by atoms with Gasteiger partial charge in [-0.25, -0.2) is 8.42 Å². The van der Waals surface area contributed by atoms with E-state index in [9.17, 15) is 31.5 Å². The molecule has 0 spiro atoms. The first kappa shape index (κ1) is 20.6. The largest absolute Gasteiger partial charge is 0.460 e. The van der Waals surface area contributed by atoms with Crippen LogP contribution in [0.15, 0.2) is 50.6 Å². The van der Waals surface area contributed by atoms with Crippen molar-refractivity contribution in [3.05, 3.63) is 58.8 Å². The van der Waals surface area contributed by atoms with Gasteiger partial charge in [0.25, 0.3) is 0 Å². The number of halogens is 3. The van der Waals surface area contributed by atoms with Crippen molar-refractivity contribution in [3.63, 3.8) is 0 Å². The fraction of sp³-hybridized carbons (Fsp3) is 0.250. The summed E-state index contributed by atoms with van der Waals surface area (Å²) in [5.74, 6) is 0.664. The Morgan fingerprint density at radius 3 is 2.63 bits per heavy atom. The van der Waals surface area contributed by atoms with Gasteiger partial charge in [0.1, 0.15) is 11.3 Å². The third-order valence-electron chi connectivity index (χ3n) is 5.04. The molecule has 2 heterocycles. The van der Waals surface area contributed by atoms with Crippen molar-refractivity contribution in [1.82, 2.24) is 5.32 Å². The van der Waals surface area contributed by atoms with Crippen LogP contribution in [0.25, 0.3) is 11.0 Å². The van der Waals surface area contributed by atoms with Crippen molar-refractivity contribution in [2.75, 3.05) is 6.54 Å². The summed E-state index contributed by atoms with van der Waals surface area (Å²) >= 11 is 0. The Balaban J connectivity index is 1.86. The SMILES string of the molecule is O=Cc1cc(S(=O)(=O)c2cccc(C(O)C(F)(F)F)c2)cc2c3c(oc12)CCNC3. The Kier molecular flexibility index (Phi) is 4.95. The number of aliphatic hydroxyl groups excluding tert-OH is 1. The molecular weight excluding hydrogens is 423 g/mol. The van der Waals surface area contributed by atoms with Crippen molar-refractivity contribution in [3.8, 4) is 0 Å². The van der Waals surface area contributed by atoms with E-state index in [1.165, 1.54) is 6.07 Å². The average molecular weight is 439 g/mol. The molecule has 0 amide bonds. The molecule has 3 aromatic rings. The van der Waals surface area contributed by atoms with E-state index in [0.717, 1.165) is 35.9 Å². The molecule has 4 rings (SSSR count). The summed E-state index contributed by atoms with van der Waals surface area (Å²) in [6.07, 6.45) is -6.68. The molecule has 0 fully saturated rings. The van der Waals surface area contributed by atoms with Gasteiger partial charge in [0.15, 0.2) is 12.4 Å². The molecule has 1 aliphatic heterocycles. The summed E-state index contributed by atoms with van der Waals surface area (Å²) in [4.78, 5) is 10.9. The van der Waals surface area contributed by atoms with Gasteiger partial charge in [-0.3, -0.25) is 4.79 Å². The van der Waals surface area contributed by atoms with Crippen LogP contribution in [0.1, 0.15) is 33.3 Å². The minimum absolute atomic E-state index is 0.0342. The fourth-order valence-corrected chi connectivity index (χ4v) is 4.90. The van der Waals surface area contributed by atoms with E-state index in [-0.39, 0.29) is 16.0 Å². The van der Waals surface area contributed by atoms with Crippen LogP contribution >= 0.6 is 0 Å². The predicted octanol–water partition coefficient (Wildman–Crippen LogP) is 3.32. The number of carbonyl (C=O) groups excluding carboxylic acids is 1. The summed E-state index contributed by atoms with van der Waals surface area (Å²) < 4.78 is 70.5. The zero-order valence-corrected chi connectivity index (χ0v) is 16.2. The first-order valence-corrected chi connectivity index (χ1v) is 10.5. The second-order valence-electron chi connectivity index (χ2n) is 6.96. The van der Waals surface area contributed by atoms with Crippen molar-refractivity contribution in [2.24, 2.45) is 0 Å². The highest BCUT2D eigenvalue weighted by Gasteiger charge is 2.39. The van der Waals surface area contributed by atoms with E-state index in [4.69, 9.17) is 4.42 Å². The molecule has 10 heteroatoms. The van der Waals surface area contributed by atoms with Gasteiger partial charge in [0, 0.05) is 30.5 Å². The molecule has 0 saturated carbocycles. The summed E-state index contributed by atoms with van der Waals surface area (Å²) in [6.45, 7) is 1.13. The molecule has 1 aliphatic rings. The standard InChI is InChI=1S/C20H16F3NO5S/c21-20(22,23)19(26)11-2-1-3-13(6-11)30(27,28)14-7-12(10-25)18-15(8-14)16-9-24-5-4-17(16)29-18/h1-3,6-8,10,19,24,26H,4-5,9H2. The number of aliphatic hydroxyl groups is 1. The fourth-order valence-electron chi connectivity index (χ4n) is 3.53. The van der Waals surface area contributed by atoms with Gasteiger partial charge in [-0.2, -0.15) is 13.2 Å². The number of alkyl halides is 3. The lowest BCUT2D eigenvalue weighted by Crippen LogP contribution is -2.22. The van der Waals surface area contributed by atoms with Crippen LogP contribution in [-0.2, 0) is 22.8 Å². The van der Waals surface area contributed by atoms with Crippen LogP contribution < -0.4 is 5.32 Å². The Labute approximate surface area is 169 Å². The second-order valence-corrected chi connectivity index (χ2v) is 8.91. The van der Waals surface area contributed by atoms with Crippen LogP contribution in [0.3, 0.4) is 0 Å². The maximum atomic E-state index is 13.1. The van der Waals surface area contributed by atoms with Crippen LogP contribution in [0.4, 0.5) is 13.2 Å². The molecule has 1 aromatic heterocycles. The number of benzene rings is 2. The Bertz CT molecular complexity index is 1250. The molecule has 2 aromatic carbocycles. The zero-order chi connectivity index (χ0) is 21.7. The number of furan rings is 1. The van der Waals surface area contributed by atoms with Gasteiger partial charge in [-0.15, -0.1) is 0 Å². The van der Waals surface area contributed by atoms with Crippen LogP contribution in [0.5, 0.6) is 0 Å². The number of aldehydes is 1. The molecule has 0 radical (unpaired) electrons. The van der Waals surface area contributed by atoms with E-state index >= 15 is 0 Å². The Morgan fingerprint density at radius 1 is 1.17 bits per heavy atom. The minimum atomic E-state index is -4.94. The molecule has 2 N–H and O–H groups in total. The normalized spacial score (nSPS) is 15.7. The van der Waals surface area contributed by atoms with Gasteiger partial charge >= 0.3 is 6.18 Å². The predicted molar refractivity (Wildman–Crippen MR) is 99.9 cm³/mol. The molecule has 158 valence electrons. The molecule has 0 saturated heterocycles. The summed E-state index contributed by atoms with van der Waals surface area (Å²) in [7, 11) is -4.27. The number of rotatable bonds is 4. The number of hydrogen-bond donors (Lipinski definition) is 2. The van der Waals surface area contributed by atoms with E-state index in [1.807, 2.05) is 0 Å². The van der Waals surface area contributed by atoms with Crippen molar-refractivity contribution in [1.29, 1.82) is 0 Å². The Hall–Kier alpha value is -2.69. The maximum Gasteiger partial charge on any atom is 0.418 e. The van der Waals surface area contributed by atoms with Crippen molar-refractivity contribution in [2.45, 2.75) is 35.0 Å². The number of carbonyl (C=O) groups is 1. The number of fused-ring (bicyclic) bond motifs is 3. The van der Waals surface area contributed by atoms with E-state index in [2.05, 4.69) is 5.32 Å². The van der Waals surface area contributed by atoms with Crippen LogP contribution in [-0.4, -0.2) is 32.5 Å². The zero-order valence-electron chi connectivity index (χ0n) is 15.4. The topological polar surface area (TPSA) is 96.6 Å². The molecular formula is C20H16F3NO5S. The van der Waals surface area contributed by atoms with Crippen molar-refractivity contribution < 1.29 is 35.9 Å². The molecule has 30 heavy (non-hydrogen) atoms. The summed E-state index contributed by atoms with van der Waals surface area (Å²) in [6, 6.07) is 6.54. The monoisotopic (exact) mass is 439 g/mol. The number of nitrogens with one attached hydrogen (secondary N) is 1. The van der Waals surface area contributed by atoms with Gasteiger partial charge in [-0.05, 0) is 29.8 Å². The third-order valence-corrected chi connectivity index (χ3v) is 6.77. The highest BCUT2D eigenvalue weighted by atomic mass is 32.2. The minimum Gasteiger partial charge on any atom is -0.460 e. The first-order chi connectivity index (χ1) is 14.1. The lowest BCUT2D eigenvalue weighted by molar-refractivity contribution is -0.206. The molecule has 0 bridgehead atoms. The number of hydrogen-bond acceptors (Lipinski definition) is 6. The van der Waals surface area contributed by atoms with Gasteiger partial charge < -0.3 is 14.8 Å². The number of sulfone groups is 1. The molecule has 1 atom stereocenters. The van der Waals surface area contributed by atoms with Gasteiger partial charge in [0.05, 0.1) is 15.4 Å². The maximum absolute atomic E-state index is 13.1. The lowest BCUT2D eigenvalue weighted by atomic mass is 10.0. The molecule has 0 aliphatic carbocycles. The smallest absolute Gasteiger partial charge is 0.418 e. The van der Waals surface area contributed by atoms with E-state index in [1.54, 1.807) is 0 Å². The van der Waals surface area contributed by atoms with E-state index in [0.29, 0.717) is 36.9 Å². The average Bonchev–Trinajstić information content (AvgIpc) is 3.10. The summed E-state index contributed by atoms with van der Waals surface area (Å²) in [5, 5.41) is 13.1. The quantitative estimate of drug-likeness (QED) is 0.606.